The summed E-state index contributed by atoms with van der Waals surface area (Å²) >= 11 is 0. The second-order valence-corrected chi connectivity index (χ2v) is 6.65. The Kier molecular flexibility index (Phi) is 2.88. The molecule has 8 heavy (non-hydrogen) atoms. The molecule has 1 unspecified atom stereocenters. The van der Waals surface area contributed by atoms with Gasteiger partial charge in [0.25, 0.3) is 0 Å². The molecule has 0 nitrogen and oxygen atoms in total. The zero-order valence-corrected chi connectivity index (χ0v) is 7.60. The Bertz CT molecular complexity index is 114. The predicted octanol–water partition coefficient (Wildman–Crippen LogP) is 2.64. The third-order valence-electron chi connectivity index (χ3n) is 1.32. The minimum Gasteiger partial charge on any atom is -0.0709 e. The lowest BCUT2D eigenvalue weighted by Crippen LogP contribution is -2.01. The Morgan fingerprint density at radius 2 is 1.88 bits per heavy atom. The van der Waals surface area contributed by atoms with Gasteiger partial charge in [-0.3, -0.25) is 0 Å². The maximum absolute atomic E-state index is 4.00. The first-order chi connectivity index (χ1) is 3.50. The molecule has 0 heterocycles. The maximum atomic E-state index is 4.00. The Balaban J connectivity index is 4.12. The first-order valence-electron chi connectivity index (χ1n) is 2.53. The van der Waals surface area contributed by atoms with Crippen molar-refractivity contribution in [3.05, 3.63) is 0 Å². The van der Waals surface area contributed by atoms with Gasteiger partial charge in [-0.1, -0.05) is 14.5 Å². The molecule has 0 aromatic heterocycles. The Hall–Kier alpha value is 0.340. The summed E-state index contributed by atoms with van der Waals surface area (Å²) in [6.45, 7) is 6.61. The van der Waals surface area contributed by atoms with Gasteiger partial charge < -0.3 is 0 Å². The highest BCUT2D eigenvalue weighted by molar-refractivity contribution is 7.67. The van der Waals surface area contributed by atoms with Crippen molar-refractivity contribution in [1.29, 1.82) is 0 Å². The van der Waals surface area contributed by atoms with Crippen LogP contribution < -0.4 is 0 Å². The monoisotopic (exact) mass is 147 g/mol. The van der Waals surface area contributed by atoms with Crippen LogP contribution in [0.4, 0.5) is 0 Å². The second-order valence-electron chi connectivity index (χ2n) is 2.35. The third kappa shape index (κ3) is 2.07. The van der Waals surface area contributed by atoms with Crippen LogP contribution in [0.5, 0.6) is 0 Å². The third-order valence-corrected chi connectivity index (χ3v) is 5.41. The molecule has 0 aliphatic heterocycles. The summed E-state index contributed by atoms with van der Waals surface area (Å²) in [4.78, 5) is 0.356. The molecular weight excluding hydrogens is 134 g/mol. The van der Waals surface area contributed by atoms with E-state index >= 15 is 0 Å². The van der Waals surface area contributed by atoms with Crippen molar-refractivity contribution in [2.24, 2.45) is 0 Å². The molecule has 0 amide bonds. The molecule has 1 atom stereocenters. The van der Waals surface area contributed by atoms with E-state index in [1.54, 1.807) is 0 Å². The molecule has 0 rings (SSSR count). The molecule has 0 aliphatic rings. The van der Waals surface area contributed by atoms with Crippen LogP contribution in [0, 0.1) is 0 Å². The van der Waals surface area contributed by atoms with Crippen molar-refractivity contribution in [2.45, 2.75) is 18.7 Å². The van der Waals surface area contributed by atoms with Crippen LogP contribution in [0.3, 0.4) is 0 Å². The van der Waals surface area contributed by atoms with Crippen molar-refractivity contribution in [3.8, 4) is 0 Å². The maximum Gasteiger partial charge on any atom is 0.159 e. The van der Waals surface area contributed by atoms with E-state index in [9.17, 15) is 0 Å². The SMILES string of the molecule is C=PC(C)(C)[P+](=C)C. The highest BCUT2D eigenvalue weighted by atomic mass is 31.1. The molecule has 0 aromatic rings. The highest BCUT2D eigenvalue weighted by Crippen LogP contribution is 2.42. The Morgan fingerprint density at radius 1 is 1.50 bits per heavy atom. The van der Waals surface area contributed by atoms with Crippen LogP contribution in [-0.2, 0) is 0 Å². The van der Waals surface area contributed by atoms with E-state index in [0.717, 1.165) is 0 Å². The highest BCUT2D eigenvalue weighted by Gasteiger charge is 2.23. The molecule has 0 aromatic carbocycles. The molecule has 0 spiro atoms. The van der Waals surface area contributed by atoms with Crippen LogP contribution in [0.15, 0.2) is 0 Å². The van der Waals surface area contributed by atoms with Crippen molar-refractivity contribution in [1.82, 2.24) is 0 Å². The fraction of sp³-hybridized carbons (Fsp3) is 0.667. The second kappa shape index (κ2) is 2.76. The topological polar surface area (TPSA) is 0 Å². The molecule has 2 heteroatoms. The van der Waals surface area contributed by atoms with Crippen LogP contribution in [0.2, 0.25) is 0 Å². The summed E-state index contributed by atoms with van der Waals surface area (Å²) in [5.41, 5.74) is 0. The smallest absolute Gasteiger partial charge is 0.0709 e. The normalized spacial score (nSPS) is 14.1. The van der Waals surface area contributed by atoms with E-state index in [1.807, 2.05) is 0 Å². The van der Waals surface area contributed by atoms with Crippen LogP contribution in [0.25, 0.3) is 0 Å². The average Bonchev–Trinajstić information content (AvgIpc) is 1.67. The minimum absolute atomic E-state index is 0.0687. The van der Waals surface area contributed by atoms with Gasteiger partial charge >= 0.3 is 0 Å². The van der Waals surface area contributed by atoms with Crippen LogP contribution in [0.1, 0.15) is 13.8 Å². The largest absolute Gasteiger partial charge is 0.159 e. The standard InChI is InChI=1S/C6H13P2/c1-6(2,7-3)8(4)5/h3-4H2,1-2,5H3/q+1. The fourth-order valence-electron chi connectivity index (χ4n) is 0.121. The van der Waals surface area contributed by atoms with E-state index < -0.39 is 0 Å². The van der Waals surface area contributed by atoms with E-state index in [1.165, 1.54) is 8.20 Å². The van der Waals surface area contributed by atoms with Gasteiger partial charge in [0, 0.05) is 0 Å². The van der Waals surface area contributed by atoms with Gasteiger partial charge in [-0.15, -0.1) is 0 Å². The summed E-state index contributed by atoms with van der Waals surface area (Å²) in [6, 6.07) is 0. The average molecular weight is 147 g/mol. The van der Waals surface area contributed by atoms with Gasteiger partial charge in [-0.25, -0.2) is 0 Å². The summed E-state index contributed by atoms with van der Waals surface area (Å²) in [5, 5.41) is 0. The van der Waals surface area contributed by atoms with Crippen LogP contribution in [-0.4, -0.2) is 24.2 Å². The van der Waals surface area contributed by atoms with E-state index in [4.69, 9.17) is 0 Å². The van der Waals surface area contributed by atoms with Crippen molar-refractivity contribution in [2.75, 3.05) is 6.66 Å². The molecule has 0 N–H and O–H groups in total. The van der Waals surface area contributed by atoms with Crippen molar-refractivity contribution >= 4 is 28.3 Å². The quantitative estimate of drug-likeness (QED) is 0.526. The van der Waals surface area contributed by atoms with Gasteiger partial charge in [0.2, 0.25) is 0 Å². The van der Waals surface area contributed by atoms with Gasteiger partial charge in [0.05, 0.1) is 20.5 Å². The first kappa shape index (κ1) is 8.34. The van der Waals surface area contributed by atoms with E-state index in [0.29, 0.717) is 4.90 Å². The zero-order valence-electron chi connectivity index (χ0n) is 5.81. The lowest BCUT2D eigenvalue weighted by atomic mass is 10.5. The zero-order chi connectivity index (χ0) is 6.78. The fourth-order valence-corrected chi connectivity index (χ4v) is 1.09. The molecule has 0 bridgehead atoms. The van der Waals surface area contributed by atoms with Crippen LogP contribution >= 0.6 is 15.7 Å². The number of rotatable bonds is 2. The van der Waals surface area contributed by atoms with Gasteiger partial charge in [0.15, 0.2) is 4.90 Å². The first-order valence-corrected chi connectivity index (χ1v) is 5.58. The molecule has 46 valence electrons. The molecule has 0 fully saturated rings. The Morgan fingerprint density at radius 3 is 1.88 bits per heavy atom. The molecule has 0 saturated carbocycles. The Labute approximate surface area is 54.5 Å². The molecule has 0 saturated heterocycles. The van der Waals surface area contributed by atoms with E-state index in [2.05, 4.69) is 33.1 Å². The van der Waals surface area contributed by atoms with Gasteiger partial charge in [0.1, 0.15) is 0 Å². The lowest BCUT2D eigenvalue weighted by molar-refractivity contribution is 1.02. The summed E-state index contributed by atoms with van der Waals surface area (Å²) < 4.78 is 0. The summed E-state index contributed by atoms with van der Waals surface area (Å²) in [6.07, 6.45) is 7.83. The van der Waals surface area contributed by atoms with E-state index in [-0.39, 0.29) is 7.55 Å². The summed E-state index contributed by atoms with van der Waals surface area (Å²) in [7, 11) is 1.15. The molecule has 0 aliphatic carbocycles. The van der Waals surface area contributed by atoms with Crippen molar-refractivity contribution in [3.63, 3.8) is 0 Å². The van der Waals surface area contributed by atoms with Gasteiger partial charge in [-0.2, -0.15) is 0 Å². The number of hydrogen-bond donors (Lipinski definition) is 0. The summed E-state index contributed by atoms with van der Waals surface area (Å²) in [5.74, 6) is 0. The minimum atomic E-state index is -0.0687. The number of hydrogen-bond acceptors (Lipinski definition) is 0. The van der Waals surface area contributed by atoms with Crippen molar-refractivity contribution < 1.29 is 0 Å². The lowest BCUT2D eigenvalue weighted by Gasteiger charge is -2.06. The molecular formula is C6H13P2+. The van der Waals surface area contributed by atoms with Gasteiger partial charge in [-0.05, 0) is 13.8 Å². The molecule has 0 radical (unpaired) electrons. The predicted molar refractivity (Wildman–Crippen MR) is 48.1 cm³/mol.